The number of nitrogens with zero attached hydrogens (tertiary/aromatic N) is 1. The standard InChI is InChI=1S/C8H11N3O/c1-8(12,7(9)10)6-4-2-3-5-11-6/h2-5,12H,1H3,(H3,9,10). The molecule has 1 aromatic heterocycles. The van der Waals surface area contributed by atoms with Crippen LogP contribution in [0.15, 0.2) is 24.4 Å². The van der Waals surface area contributed by atoms with E-state index >= 15 is 0 Å². The van der Waals surface area contributed by atoms with E-state index in [1.807, 2.05) is 0 Å². The molecule has 1 rings (SSSR count). The highest BCUT2D eigenvalue weighted by atomic mass is 16.3. The third-order valence-corrected chi connectivity index (χ3v) is 1.69. The molecule has 64 valence electrons. The molecular formula is C8H11N3O. The lowest BCUT2D eigenvalue weighted by Crippen LogP contribution is -2.38. The Morgan fingerprint density at radius 2 is 2.33 bits per heavy atom. The summed E-state index contributed by atoms with van der Waals surface area (Å²) in [7, 11) is 0. The van der Waals surface area contributed by atoms with Crippen LogP contribution < -0.4 is 5.73 Å². The highest BCUT2D eigenvalue weighted by Gasteiger charge is 2.27. The average Bonchev–Trinajstić information content (AvgIpc) is 2.06. The Morgan fingerprint density at radius 3 is 2.75 bits per heavy atom. The predicted octanol–water partition coefficient (Wildman–Crippen LogP) is 0.225. The van der Waals surface area contributed by atoms with Gasteiger partial charge < -0.3 is 10.8 Å². The van der Waals surface area contributed by atoms with Gasteiger partial charge in [0.1, 0.15) is 5.84 Å². The van der Waals surface area contributed by atoms with E-state index in [4.69, 9.17) is 11.1 Å². The molecule has 1 atom stereocenters. The van der Waals surface area contributed by atoms with Crippen LogP contribution in [0.3, 0.4) is 0 Å². The van der Waals surface area contributed by atoms with Gasteiger partial charge in [-0.05, 0) is 19.1 Å². The summed E-state index contributed by atoms with van der Waals surface area (Å²) in [5.41, 5.74) is 4.13. The largest absolute Gasteiger partial charge is 0.385 e. The second kappa shape index (κ2) is 2.91. The zero-order valence-corrected chi connectivity index (χ0v) is 6.78. The number of aromatic nitrogens is 1. The molecule has 4 N–H and O–H groups in total. The first-order valence-corrected chi connectivity index (χ1v) is 3.53. The summed E-state index contributed by atoms with van der Waals surface area (Å²) < 4.78 is 0. The van der Waals surface area contributed by atoms with Crippen LogP contribution in [0.25, 0.3) is 0 Å². The maximum absolute atomic E-state index is 9.65. The van der Waals surface area contributed by atoms with Crippen molar-refractivity contribution in [3.63, 3.8) is 0 Å². The Kier molecular flexibility index (Phi) is 2.10. The molecule has 0 aliphatic carbocycles. The van der Waals surface area contributed by atoms with Gasteiger partial charge >= 0.3 is 0 Å². The van der Waals surface area contributed by atoms with Crippen LogP contribution >= 0.6 is 0 Å². The molecule has 0 aromatic carbocycles. The monoisotopic (exact) mass is 165 g/mol. The van der Waals surface area contributed by atoms with E-state index in [1.54, 1.807) is 24.4 Å². The Morgan fingerprint density at radius 1 is 1.67 bits per heavy atom. The smallest absolute Gasteiger partial charge is 0.160 e. The number of rotatable bonds is 2. The van der Waals surface area contributed by atoms with Gasteiger partial charge in [-0.2, -0.15) is 0 Å². The molecule has 0 aliphatic rings. The molecule has 1 heterocycles. The summed E-state index contributed by atoms with van der Waals surface area (Å²) in [5.74, 6) is -0.304. The van der Waals surface area contributed by atoms with E-state index in [9.17, 15) is 5.11 Å². The Hall–Kier alpha value is -1.42. The fraction of sp³-hybridized carbons (Fsp3) is 0.250. The SMILES string of the molecule is CC(O)(C(=N)N)c1ccccn1. The fourth-order valence-corrected chi connectivity index (χ4v) is 0.789. The maximum atomic E-state index is 9.65. The van der Waals surface area contributed by atoms with Gasteiger partial charge in [-0.1, -0.05) is 6.07 Å². The molecule has 0 aliphatic heterocycles. The molecule has 4 heteroatoms. The van der Waals surface area contributed by atoms with E-state index in [-0.39, 0.29) is 5.84 Å². The lowest BCUT2D eigenvalue weighted by molar-refractivity contribution is 0.125. The van der Waals surface area contributed by atoms with E-state index < -0.39 is 5.60 Å². The van der Waals surface area contributed by atoms with Gasteiger partial charge in [0, 0.05) is 6.20 Å². The number of aliphatic hydroxyl groups is 1. The van der Waals surface area contributed by atoms with E-state index in [2.05, 4.69) is 4.98 Å². The molecule has 0 radical (unpaired) electrons. The highest BCUT2D eigenvalue weighted by Crippen LogP contribution is 2.16. The molecular weight excluding hydrogens is 154 g/mol. The highest BCUT2D eigenvalue weighted by molar-refractivity contribution is 5.86. The predicted molar refractivity (Wildman–Crippen MR) is 45.7 cm³/mol. The Balaban J connectivity index is 3.06. The average molecular weight is 165 g/mol. The van der Waals surface area contributed by atoms with E-state index in [1.165, 1.54) is 6.92 Å². The molecule has 0 saturated carbocycles. The van der Waals surface area contributed by atoms with Gasteiger partial charge in [0.15, 0.2) is 5.60 Å². The van der Waals surface area contributed by atoms with Crippen molar-refractivity contribution in [1.82, 2.24) is 4.98 Å². The van der Waals surface area contributed by atoms with Crippen LogP contribution in [-0.4, -0.2) is 15.9 Å². The summed E-state index contributed by atoms with van der Waals surface area (Å²) in [6.07, 6.45) is 1.55. The van der Waals surface area contributed by atoms with Crippen LogP contribution in [0.4, 0.5) is 0 Å². The third kappa shape index (κ3) is 1.43. The second-order valence-electron chi connectivity index (χ2n) is 2.70. The first-order chi connectivity index (χ1) is 5.55. The van der Waals surface area contributed by atoms with Crippen LogP contribution in [0, 0.1) is 5.41 Å². The van der Waals surface area contributed by atoms with Gasteiger partial charge in [0.25, 0.3) is 0 Å². The zero-order valence-electron chi connectivity index (χ0n) is 6.78. The number of amidine groups is 1. The molecule has 1 aromatic rings. The fourth-order valence-electron chi connectivity index (χ4n) is 0.789. The van der Waals surface area contributed by atoms with Gasteiger partial charge in [-0.15, -0.1) is 0 Å². The second-order valence-corrected chi connectivity index (χ2v) is 2.70. The van der Waals surface area contributed by atoms with Crippen molar-refractivity contribution < 1.29 is 5.11 Å². The summed E-state index contributed by atoms with van der Waals surface area (Å²) in [6.45, 7) is 1.44. The molecule has 1 unspecified atom stereocenters. The van der Waals surface area contributed by atoms with Crippen molar-refractivity contribution >= 4 is 5.84 Å². The molecule has 12 heavy (non-hydrogen) atoms. The Labute approximate surface area is 70.6 Å². The van der Waals surface area contributed by atoms with Gasteiger partial charge in [-0.25, -0.2) is 0 Å². The first-order valence-electron chi connectivity index (χ1n) is 3.53. The number of hydrogen-bond donors (Lipinski definition) is 3. The minimum absolute atomic E-state index is 0.304. The summed E-state index contributed by atoms with van der Waals surface area (Å²) >= 11 is 0. The van der Waals surface area contributed by atoms with Crippen molar-refractivity contribution in [1.29, 1.82) is 5.41 Å². The molecule has 0 saturated heterocycles. The minimum Gasteiger partial charge on any atom is -0.385 e. The third-order valence-electron chi connectivity index (χ3n) is 1.69. The van der Waals surface area contributed by atoms with Crippen LogP contribution in [-0.2, 0) is 5.60 Å². The molecule has 4 nitrogen and oxygen atoms in total. The van der Waals surface area contributed by atoms with Crippen LogP contribution in [0.5, 0.6) is 0 Å². The van der Waals surface area contributed by atoms with Crippen molar-refractivity contribution in [3.8, 4) is 0 Å². The van der Waals surface area contributed by atoms with Crippen molar-refractivity contribution in [2.75, 3.05) is 0 Å². The normalized spacial score (nSPS) is 15.2. The quantitative estimate of drug-likeness (QED) is 0.433. The summed E-state index contributed by atoms with van der Waals surface area (Å²) in [4.78, 5) is 3.90. The summed E-state index contributed by atoms with van der Waals surface area (Å²) in [5, 5.41) is 16.8. The van der Waals surface area contributed by atoms with Crippen LogP contribution in [0.1, 0.15) is 12.6 Å². The summed E-state index contributed by atoms with van der Waals surface area (Å²) in [6, 6.07) is 5.10. The molecule has 0 bridgehead atoms. The van der Waals surface area contributed by atoms with Gasteiger partial charge in [0.05, 0.1) is 5.69 Å². The van der Waals surface area contributed by atoms with Gasteiger partial charge in [-0.3, -0.25) is 10.4 Å². The lowest BCUT2D eigenvalue weighted by atomic mass is 10.0. The molecule has 0 fully saturated rings. The van der Waals surface area contributed by atoms with Crippen molar-refractivity contribution in [2.45, 2.75) is 12.5 Å². The molecule has 0 spiro atoms. The van der Waals surface area contributed by atoms with Crippen LogP contribution in [0.2, 0.25) is 0 Å². The number of nitrogens with one attached hydrogen (secondary N) is 1. The van der Waals surface area contributed by atoms with Crippen molar-refractivity contribution in [2.24, 2.45) is 5.73 Å². The maximum Gasteiger partial charge on any atom is 0.160 e. The Bertz CT molecular complexity index is 282. The number of hydrogen-bond acceptors (Lipinski definition) is 3. The van der Waals surface area contributed by atoms with E-state index in [0.29, 0.717) is 5.69 Å². The minimum atomic E-state index is -1.46. The van der Waals surface area contributed by atoms with Crippen molar-refractivity contribution in [3.05, 3.63) is 30.1 Å². The lowest BCUT2D eigenvalue weighted by Gasteiger charge is -2.20. The topological polar surface area (TPSA) is 83.0 Å². The first kappa shape index (κ1) is 8.67. The molecule has 0 amide bonds. The van der Waals surface area contributed by atoms with Gasteiger partial charge in [0.2, 0.25) is 0 Å². The number of pyridine rings is 1. The number of nitrogens with two attached hydrogens (primary N) is 1. The van der Waals surface area contributed by atoms with E-state index in [0.717, 1.165) is 0 Å². The zero-order chi connectivity index (χ0) is 9.19.